The lowest BCUT2D eigenvalue weighted by molar-refractivity contribution is 0.328. The maximum atomic E-state index is 13.8. The molecule has 0 spiro atoms. The molecule has 5 heteroatoms. The first-order valence-electron chi connectivity index (χ1n) is 7.72. The van der Waals surface area contributed by atoms with Gasteiger partial charge in [0.05, 0.1) is 5.69 Å². The zero-order valence-corrected chi connectivity index (χ0v) is 13.4. The second-order valence-corrected chi connectivity index (χ2v) is 6.42. The van der Waals surface area contributed by atoms with Crippen molar-refractivity contribution in [2.24, 2.45) is 5.92 Å². The highest BCUT2D eigenvalue weighted by Gasteiger charge is 2.28. The molecule has 1 aliphatic rings. The van der Waals surface area contributed by atoms with Crippen LogP contribution in [0.3, 0.4) is 0 Å². The maximum Gasteiger partial charge on any atom is 0.137 e. The van der Waals surface area contributed by atoms with Crippen LogP contribution in [0.2, 0.25) is 5.02 Å². The normalized spacial score (nSPS) is 21.4. The summed E-state index contributed by atoms with van der Waals surface area (Å²) in [5.74, 6) is 1.18. The molecule has 1 saturated carbocycles. The van der Waals surface area contributed by atoms with E-state index >= 15 is 0 Å². The first kappa shape index (κ1) is 15.5. The van der Waals surface area contributed by atoms with Crippen LogP contribution >= 0.6 is 11.6 Å². The van der Waals surface area contributed by atoms with E-state index in [1.54, 1.807) is 12.1 Å². The summed E-state index contributed by atoms with van der Waals surface area (Å²) in [5, 5.41) is 7.89. The zero-order chi connectivity index (χ0) is 15.5. The van der Waals surface area contributed by atoms with E-state index in [4.69, 9.17) is 16.1 Å². The Balaban J connectivity index is 1.61. The summed E-state index contributed by atoms with van der Waals surface area (Å²) in [4.78, 5) is 0. The van der Waals surface area contributed by atoms with Gasteiger partial charge in [-0.3, -0.25) is 0 Å². The minimum atomic E-state index is -0.250. The number of aryl methyl sites for hydroxylation is 1. The maximum absolute atomic E-state index is 13.8. The molecule has 1 N–H and O–H groups in total. The van der Waals surface area contributed by atoms with Crippen LogP contribution in [0.4, 0.5) is 4.39 Å². The van der Waals surface area contributed by atoms with Gasteiger partial charge in [-0.25, -0.2) is 4.39 Å². The second kappa shape index (κ2) is 6.80. The fourth-order valence-electron chi connectivity index (χ4n) is 3.26. The van der Waals surface area contributed by atoms with Crippen molar-refractivity contribution in [3.8, 4) is 0 Å². The van der Waals surface area contributed by atoms with Gasteiger partial charge >= 0.3 is 0 Å². The molecule has 0 unspecified atom stereocenters. The first-order chi connectivity index (χ1) is 10.6. The van der Waals surface area contributed by atoms with Crippen LogP contribution in [0.25, 0.3) is 0 Å². The van der Waals surface area contributed by atoms with Gasteiger partial charge in [0.2, 0.25) is 0 Å². The molecule has 1 heterocycles. The Morgan fingerprint density at radius 1 is 1.41 bits per heavy atom. The van der Waals surface area contributed by atoms with Gasteiger partial charge in [-0.05, 0) is 37.8 Å². The first-order valence-corrected chi connectivity index (χ1v) is 8.10. The molecule has 118 valence electrons. The number of hydrogen-bond acceptors (Lipinski definition) is 3. The minimum Gasteiger partial charge on any atom is -0.361 e. The summed E-state index contributed by atoms with van der Waals surface area (Å²) >= 11 is 6.08. The molecule has 1 aromatic carbocycles. The molecule has 1 aromatic heterocycles. The van der Waals surface area contributed by atoms with Gasteiger partial charge in [0, 0.05) is 35.7 Å². The molecule has 22 heavy (non-hydrogen) atoms. The van der Waals surface area contributed by atoms with E-state index in [2.05, 4.69) is 10.5 Å². The van der Waals surface area contributed by atoms with Gasteiger partial charge in [0.1, 0.15) is 11.6 Å². The van der Waals surface area contributed by atoms with Gasteiger partial charge < -0.3 is 9.84 Å². The third kappa shape index (κ3) is 3.50. The number of nitrogens with zero attached hydrogens (tertiary/aromatic N) is 1. The largest absolute Gasteiger partial charge is 0.361 e. The number of nitrogens with one attached hydrogen (secondary N) is 1. The number of aromatic nitrogens is 1. The Kier molecular flexibility index (Phi) is 4.79. The summed E-state index contributed by atoms with van der Waals surface area (Å²) < 4.78 is 19.1. The van der Waals surface area contributed by atoms with Crippen molar-refractivity contribution in [3.05, 3.63) is 52.1 Å². The highest BCUT2D eigenvalue weighted by Crippen LogP contribution is 2.30. The number of benzene rings is 1. The smallest absolute Gasteiger partial charge is 0.137 e. The molecule has 1 aliphatic carbocycles. The summed E-state index contributed by atoms with van der Waals surface area (Å²) in [5.41, 5.74) is 1.46. The average molecular weight is 323 g/mol. The molecule has 2 aromatic rings. The van der Waals surface area contributed by atoms with Gasteiger partial charge in [-0.2, -0.15) is 0 Å². The van der Waals surface area contributed by atoms with E-state index in [-0.39, 0.29) is 5.82 Å². The third-order valence-electron chi connectivity index (χ3n) is 4.40. The van der Waals surface area contributed by atoms with Gasteiger partial charge in [-0.1, -0.05) is 29.2 Å². The van der Waals surface area contributed by atoms with E-state index in [0.717, 1.165) is 30.7 Å². The summed E-state index contributed by atoms with van der Waals surface area (Å²) in [6.45, 7) is 2.39. The predicted octanol–water partition coefficient (Wildman–Crippen LogP) is 4.28. The fourth-order valence-corrected chi connectivity index (χ4v) is 3.49. The average Bonchev–Trinajstić information content (AvgIpc) is 3.08. The number of rotatable bonds is 5. The Bertz CT molecular complexity index is 623. The molecular formula is C17H20ClFN2O. The molecule has 0 radical (unpaired) electrons. The lowest BCUT2D eigenvalue weighted by Crippen LogP contribution is -2.33. The van der Waals surface area contributed by atoms with E-state index < -0.39 is 0 Å². The van der Waals surface area contributed by atoms with Crippen molar-refractivity contribution < 1.29 is 8.91 Å². The van der Waals surface area contributed by atoms with Gasteiger partial charge in [-0.15, -0.1) is 0 Å². The van der Waals surface area contributed by atoms with Crippen LogP contribution in [0, 0.1) is 18.7 Å². The Morgan fingerprint density at radius 3 is 3.00 bits per heavy atom. The second-order valence-electron chi connectivity index (χ2n) is 6.02. The van der Waals surface area contributed by atoms with Crippen molar-refractivity contribution in [3.63, 3.8) is 0 Å². The standard InChI is InChI=1S/C17H20ClFN2O/c1-11-8-13(22-21-11)9-12-4-2-7-17(12)20-10-14-15(18)5-3-6-16(14)19/h3,5-6,8,12,17,20H,2,4,7,9-10H2,1H3/t12-,17+/m0/s1. The van der Waals surface area contributed by atoms with Crippen molar-refractivity contribution in [1.82, 2.24) is 10.5 Å². The summed E-state index contributed by atoms with van der Waals surface area (Å²) in [6, 6.07) is 7.16. The molecule has 3 nitrogen and oxygen atoms in total. The van der Waals surface area contributed by atoms with Crippen LogP contribution in [0.15, 0.2) is 28.8 Å². The highest BCUT2D eigenvalue weighted by atomic mass is 35.5. The predicted molar refractivity (Wildman–Crippen MR) is 84.3 cm³/mol. The lowest BCUT2D eigenvalue weighted by atomic mass is 9.97. The van der Waals surface area contributed by atoms with Crippen molar-refractivity contribution in [2.75, 3.05) is 0 Å². The number of halogens is 2. The van der Waals surface area contributed by atoms with Crippen molar-refractivity contribution in [1.29, 1.82) is 0 Å². The topological polar surface area (TPSA) is 38.1 Å². The van der Waals surface area contributed by atoms with E-state index in [1.807, 2.05) is 13.0 Å². The Labute approximate surface area is 134 Å². The summed E-state index contributed by atoms with van der Waals surface area (Å²) in [6.07, 6.45) is 4.32. The molecule has 3 rings (SSSR count). The fraction of sp³-hybridized carbons (Fsp3) is 0.471. The molecule has 0 amide bonds. The van der Waals surface area contributed by atoms with Crippen LogP contribution in [0.1, 0.15) is 36.3 Å². The molecular weight excluding hydrogens is 303 g/mol. The van der Waals surface area contributed by atoms with Crippen molar-refractivity contribution >= 4 is 11.6 Å². The molecule has 0 aliphatic heterocycles. The van der Waals surface area contributed by atoms with Crippen LogP contribution < -0.4 is 5.32 Å². The van der Waals surface area contributed by atoms with E-state index in [9.17, 15) is 4.39 Å². The molecule has 2 atom stereocenters. The van der Waals surface area contributed by atoms with E-state index in [1.165, 1.54) is 12.5 Å². The Morgan fingerprint density at radius 2 is 2.27 bits per heavy atom. The van der Waals surface area contributed by atoms with Crippen LogP contribution in [0.5, 0.6) is 0 Å². The minimum absolute atomic E-state index is 0.250. The highest BCUT2D eigenvalue weighted by molar-refractivity contribution is 6.31. The Hall–Kier alpha value is -1.39. The quantitative estimate of drug-likeness (QED) is 0.893. The zero-order valence-electron chi connectivity index (χ0n) is 12.6. The molecule has 1 fully saturated rings. The molecule has 0 saturated heterocycles. The van der Waals surface area contributed by atoms with Gasteiger partial charge in [0.15, 0.2) is 0 Å². The number of hydrogen-bond donors (Lipinski definition) is 1. The lowest BCUT2D eigenvalue weighted by Gasteiger charge is -2.20. The molecule has 0 bridgehead atoms. The van der Waals surface area contributed by atoms with Crippen LogP contribution in [-0.4, -0.2) is 11.2 Å². The van der Waals surface area contributed by atoms with Gasteiger partial charge in [0.25, 0.3) is 0 Å². The SMILES string of the molecule is Cc1cc(C[C@@H]2CCC[C@H]2NCc2c(F)cccc2Cl)on1. The third-order valence-corrected chi connectivity index (χ3v) is 4.76. The van der Waals surface area contributed by atoms with E-state index in [0.29, 0.717) is 29.1 Å². The monoisotopic (exact) mass is 322 g/mol. The van der Waals surface area contributed by atoms with Crippen LogP contribution in [-0.2, 0) is 13.0 Å². The summed E-state index contributed by atoms with van der Waals surface area (Å²) in [7, 11) is 0. The van der Waals surface area contributed by atoms with Crippen molar-refractivity contribution in [2.45, 2.75) is 45.2 Å².